The van der Waals surface area contributed by atoms with Gasteiger partial charge in [-0.1, -0.05) is 18.2 Å². The Kier molecular flexibility index (Phi) is 5.98. The van der Waals surface area contributed by atoms with Gasteiger partial charge in [0.25, 0.3) is 0 Å². The predicted molar refractivity (Wildman–Crippen MR) is 137 cm³/mol. The number of rotatable bonds is 4. The number of hydrogen-bond donors (Lipinski definition) is 0. The Hall–Kier alpha value is -4.45. The number of imidazole rings is 1. The van der Waals surface area contributed by atoms with Crippen molar-refractivity contribution in [2.24, 2.45) is 0 Å². The van der Waals surface area contributed by atoms with Crippen LogP contribution >= 0.6 is 0 Å². The molecule has 1 saturated heterocycles. The maximum Gasteiger partial charge on any atom is 0.416 e. The number of aryl methyl sites for hydroxylation is 1. The molecular formula is C27H23F3N6O3. The van der Waals surface area contributed by atoms with Crippen LogP contribution < -0.4 is 5.69 Å². The number of para-hydroxylation sites is 1. The topological polar surface area (TPSA) is 86.7 Å². The van der Waals surface area contributed by atoms with E-state index in [-0.39, 0.29) is 13.2 Å². The van der Waals surface area contributed by atoms with E-state index in [2.05, 4.69) is 10.1 Å². The molecule has 1 aliphatic heterocycles. The summed E-state index contributed by atoms with van der Waals surface area (Å²) in [6.07, 6.45) is -1.38. The quantitative estimate of drug-likeness (QED) is 0.351. The van der Waals surface area contributed by atoms with Gasteiger partial charge in [0.1, 0.15) is 12.4 Å². The summed E-state index contributed by atoms with van der Waals surface area (Å²) in [6, 6.07) is 14.6. The van der Waals surface area contributed by atoms with E-state index < -0.39 is 37.0 Å². The van der Waals surface area contributed by atoms with Gasteiger partial charge in [0.15, 0.2) is 6.10 Å². The summed E-state index contributed by atoms with van der Waals surface area (Å²) in [5.74, 6) is -0.235. The zero-order valence-electron chi connectivity index (χ0n) is 20.8. The summed E-state index contributed by atoms with van der Waals surface area (Å²) in [5.41, 5.74) is 3.94. The van der Waals surface area contributed by atoms with Crippen LogP contribution in [0.2, 0.25) is 0 Å². The molecule has 9 nitrogen and oxygen atoms in total. The Morgan fingerprint density at radius 1 is 1.08 bits per heavy atom. The van der Waals surface area contributed by atoms with Gasteiger partial charge in [-0.2, -0.15) is 18.3 Å². The Bertz CT molecular complexity index is 1750. The monoisotopic (exact) mass is 536 g/mol. The van der Waals surface area contributed by atoms with E-state index in [9.17, 15) is 22.8 Å². The number of amides is 1. The molecule has 1 atom stereocenters. The zero-order chi connectivity index (χ0) is 27.3. The highest BCUT2D eigenvalue weighted by atomic mass is 19.4. The van der Waals surface area contributed by atoms with Gasteiger partial charge >= 0.3 is 11.9 Å². The third kappa shape index (κ3) is 4.36. The molecule has 39 heavy (non-hydrogen) atoms. The van der Waals surface area contributed by atoms with E-state index in [4.69, 9.17) is 4.74 Å². The fourth-order valence-corrected chi connectivity index (χ4v) is 4.98. The van der Waals surface area contributed by atoms with Gasteiger partial charge in [0.2, 0.25) is 5.91 Å². The Labute approximate surface area is 219 Å². The summed E-state index contributed by atoms with van der Waals surface area (Å²) in [7, 11) is 0. The minimum absolute atomic E-state index is 0.0183. The maximum atomic E-state index is 13.7. The van der Waals surface area contributed by atoms with Gasteiger partial charge in [-0.3, -0.25) is 9.36 Å². The molecule has 4 aromatic heterocycles. The minimum Gasteiger partial charge on any atom is -0.365 e. The zero-order valence-corrected chi connectivity index (χ0v) is 20.8. The van der Waals surface area contributed by atoms with E-state index in [1.165, 1.54) is 9.13 Å². The molecule has 12 heteroatoms. The van der Waals surface area contributed by atoms with Crippen molar-refractivity contribution in [3.63, 3.8) is 0 Å². The normalized spacial score (nSPS) is 16.3. The first-order chi connectivity index (χ1) is 18.7. The predicted octanol–water partition coefficient (Wildman–Crippen LogP) is 3.60. The number of nitrogens with zero attached hydrogens (tertiary/aromatic N) is 6. The number of pyridine rings is 2. The molecular weight excluding hydrogens is 513 g/mol. The first-order valence-corrected chi connectivity index (χ1v) is 12.3. The molecule has 0 N–H and O–H groups in total. The number of carbonyl (C=O) groups is 1. The van der Waals surface area contributed by atoms with Crippen LogP contribution in [-0.4, -0.2) is 66.5 Å². The standard InChI is InChI=1S/C27H23F3N6O3/c1-17-5-4-7-21-25(17)36(23-9-8-18(13-31-23)19-14-32-35-10-3-2-6-20(19)35)26(38)34(21)16-24(37)33-11-12-39-22(15-33)27(28,29)30/h2-10,13-14,22H,11-12,15-16H2,1H3/t22-/m1/s1. The first kappa shape index (κ1) is 24.9. The van der Waals surface area contributed by atoms with Crippen LogP contribution in [0.1, 0.15) is 5.56 Å². The molecule has 6 rings (SSSR count). The lowest BCUT2D eigenvalue weighted by molar-refractivity contribution is -0.236. The van der Waals surface area contributed by atoms with Crippen molar-refractivity contribution < 1.29 is 22.7 Å². The highest BCUT2D eigenvalue weighted by molar-refractivity contribution is 5.84. The summed E-state index contributed by atoms with van der Waals surface area (Å²) in [5, 5.41) is 4.35. The summed E-state index contributed by atoms with van der Waals surface area (Å²) in [4.78, 5) is 32.4. The van der Waals surface area contributed by atoms with Gasteiger partial charge < -0.3 is 9.64 Å². The van der Waals surface area contributed by atoms with E-state index in [0.717, 1.165) is 27.1 Å². The number of morpholine rings is 1. The smallest absolute Gasteiger partial charge is 0.365 e. The average Bonchev–Trinajstić information content (AvgIpc) is 3.48. The Morgan fingerprint density at radius 2 is 1.90 bits per heavy atom. The van der Waals surface area contributed by atoms with Crippen LogP contribution in [0.5, 0.6) is 0 Å². The highest BCUT2D eigenvalue weighted by Gasteiger charge is 2.44. The van der Waals surface area contributed by atoms with Gasteiger partial charge in [-0.15, -0.1) is 0 Å². The second-order valence-electron chi connectivity index (χ2n) is 9.38. The SMILES string of the molecule is Cc1cccc2c1n(-c1ccc(-c3cnn4ccccc34)cn1)c(=O)n2CC(=O)N1CCO[C@@H](C(F)(F)F)C1. The molecule has 5 heterocycles. The van der Waals surface area contributed by atoms with Crippen molar-refractivity contribution in [3.8, 4) is 16.9 Å². The first-order valence-electron chi connectivity index (χ1n) is 12.3. The second kappa shape index (κ2) is 9.38. The summed E-state index contributed by atoms with van der Waals surface area (Å²) >= 11 is 0. The molecule has 0 bridgehead atoms. The lowest BCUT2D eigenvalue weighted by Gasteiger charge is -2.33. The summed E-state index contributed by atoms with van der Waals surface area (Å²) < 4.78 is 48.8. The molecule has 1 amide bonds. The number of hydrogen-bond acceptors (Lipinski definition) is 5. The van der Waals surface area contributed by atoms with Gasteiger partial charge in [0.05, 0.1) is 35.9 Å². The van der Waals surface area contributed by atoms with Crippen molar-refractivity contribution in [2.75, 3.05) is 19.7 Å². The highest BCUT2D eigenvalue weighted by Crippen LogP contribution is 2.27. The van der Waals surface area contributed by atoms with Crippen molar-refractivity contribution in [1.29, 1.82) is 0 Å². The minimum atomic E-state index is -4.58. The van der Waals surface area contributed by atoms with Crippen LogP contribution in [0.4, 0.5) is 13.2 Å². The largest absolute Gasteiger partial charge is 0.416 e. The number of fused-ring (bicyclic) bond motifs is 2. The molecule has 0 saturated carbocycles. The molecule has 5 aromatic rings. The Morgan fingerprint density at radius 3 is 2.67 bits per heavy atom. The molecule has 0 aliphatic carbocycles. The van der Waals surface area contributed by atoms with E-state index in [1.54, 1.807) is 35.1 Å². The van der Waals surface area contributed by atoms with Crippen LogP contribution in [0.15, 0.2) is 71.9 Å². The molecule has 1 aromatic carbocycles. The van der Waals surface area contributed by atoms with Crippen LogP contribution in [0.3, 0.4) is 0 Å². The van der Waals surface area contributed by atoms with Gasteiger partial charge in [0, 0.05) is 30.1 Å². The average molecular weight is 537 g/mol. The van der Waals surface area contributed by atoms with Crippen molar-refractivity contribution in [2.45, 2.75) is 25.7 Å². The lowest BCUT2D eigenvalue weighted by atomic mass is 10.1. The van der Waals surface area contributed by atoms with Crippen molar-refractivity contribution >= 4 is 22.5 Å². The number of alkyl halides is 3. The number of carbonyl (C=O) groups excluding carboxylic acids is 1. The second-order valence-corrected chi connectivity index (χ2v) is 9.38. The molecule has 0 spiro atoms. The molecule has 1 aliphatic rings. The van der Waals surface area contributed by atoms with Crippen LogP contribution in [0, 0.1) is 6.92 Å². The Balaban J connectivity index is 1.36. The van der Waals surface area contributed by atoms with E-state index >= 15 is 0 Å². The van der Waals surface area contributed by atoms with Crippen LogP contribution in [0.25, 0.3) is 33.5 Å². The van der Waals surface area contributed by atoms with E-state index in [1.807, 2.05) is 43.5 Å². The summed E-state index contributed by atoms with van der Waals surface area (Å²) in [6.45, 7) is 0.616. The molecule has 0 radical (unpaired) electrons. The lowest BCUT2D eigenvalue weighted by Crippen LogP contribution is -2.52. The van der Waals surface area contributed by atoms with Crippen molar-refractivity contribution in [3.05, 3.63) is 83.2 Å². The molecule has 0 unspecified atom stereocenters. The fourth-order valence-electron chi connectivity index (χ4n) is 4.98. The fraction of sp³-hybridized carbons (Fsp3) is 0.259. The van der Waals surface area contributed by atoms with Crippen LogP contribution in [-0.2, 0) is 16.1 Å². The maximum absolute atomic E-state index is 13.7. The molecule has 200 valence electrons. The third-order valence-corrected chi connectivity index (χ3v) is 6.95. The van der Waals surface area contributed by atoms with E-state index in [0.29, 0.717) is 16.9 Å². The molecule has 1 fully saturated rings. The number of halogens is 3. The van der Waals surface area contributed by atoms with Crippen molar-refractivity contribution in [1.82, 2.24) is 28.6 Å². The van der Waals surface area contributed by atoms with Gasteiger partial charge in [-0.05, 0) is 42.8 Å². The number of ether oxygens (including phenoxy) is 1. The number of benzene rings is 1. The number of aromatic nitrogens is 5. The van der Waals surface area contributed by atoms with Gasteiger partial charge in [-0.25, -0.2) is 18.9 Å². The third-order valence-electron chi connectivity index (χ3n) is 6.95.